The molecule has 88 valence electrons. The quantitative estimate of drug-likeness (QED) is 0.836. The Kier molecular flexibility index (Phi) is 3.88. The van der Waals surface area contributed by atoms with E-state index in [0.29, 0.717) is 6.54 Å². The first-order chi connectivity index (χ1) is 7.38. The second kappa shape index (κ2) is 4.96. The summed E-state index contributed by atoms with van der Waals surface area (Å²) in [4.78, 5) is 15.5. The number of nitrogens with zero attached hydrogens (tertiary/aromatic N) is 1. The van der Waals surface area contributed by atoms with Crippen LogP contribution in [0.2, 0.25) is 0 Å². The summed E-state index contributed by atoms with van der Waals surface area (Å²) in [6, 6.07) is 3.78. The summed E-state index contributed by atoms with van der Waals surface area (Å²) in [6.07, 6.45) is 1.32. The van der Waals surface area contributed by atoms with Gasteiger partial charge in [0, 0.05) is 18.4 Å². The van der Waals surface area contributed by atoms with Gasteiger partial charge in [0.25, 0.3) is 0 Å². The molecule has 0 aliphatic heterocycles. The molecule has 0 saturated carbocycles. The number of carbonyl (C=O) groups excluding carboxylic acids is 1. The number of nitrogens with one attached hydrogen (secondary N) is 1. The molecule has 4 nitrogen and oxygen atoms in total. The Labute approximate surface area is 96.0 Å². The van der Waals surface area contributed by atoms with E-state index < -0.39 is 11.7 Å². The van der Waals surface area contributed by atoms with E-state index in [4.69, 9.17) is 4.74 Å². The highest BCUT2D eigenvalue weighted by Crippen LogP contribution is 2.07. The third-order valence-corrected chi connectivity index (χ3v) is 1.94. The average Bonchev–Trinajstić information content (AvgIpc) is 2.14. The van der Waals surface area contributed by atoms with Gasteiger partial charge < -0.3 is 10.1 Å². The largest absolute Gasteiger partial charge is 0.444 e. The summed E-state index contributed by atoms with van der Waals surface area (Å²) in [5.74, 6) is 0. The number of hydrogen-bond acceptors (Lipinski definition) is 3. The fourth-order valence-corrected chi connectivity index (χ4v) is 1.19. The second-order valence-corrected chi connectivity index (χ2v) is 4.60. The van der Waals surface area contributed by atoms with E-state index in [9.17, 15) is 4.79 Å². The van der Waals surface area contributed by atoms with Gasteiger partial charge in [-0.05, 0) is 39.3 Å². The van der Waals surface area contributed by atoms with Gasteiger partial charge in [0.05, 0.1) is 0 Å². The van der Waals surface area contributed by atoms with Gasteiger partial charge in [-0.1, -0.05) is 6.07 Å². The zero-order valence-corrected chi connectivity index (χ0v) is 10.2. The number of amides is 1. The van der Waals surface area contributed by atoms with Gasteiger partial charge in [-0.25, -0.2) is 4.79 Å². The molecule has 0 spiro atoms. The minimum atomic E-state index is -0.464. The topological polar surface area (TPSA) is 51.2 Å². The molecule has 0 unspecified atom stereocenters. The van der Waals surface area contributed by atoms with Crippen molar-refractivity contribution in [3.05, 3.63) is 29.6 Å². The van der Waals surface area contributed by atoms with Crippen molar-refractivity contribution in [3.63, 3.8) is 0 Å². The van der Waals surface area contributed by atoms with Crippen LogP contribution in [0.3, 0.4) is 0 Å². The Bertz CT molecular complexity index is 370. The van der Waals surface area contributed by atoms with E-state index in [-0.39, 0.29) is 0 Å². The standard InChI is InChI=1S/C12H18N2O2/c1-9-10(6-5-7-13-9)8-14-11(15)16-12(2,3)4/h5-7H,8H2,1-4H3,(H,14,15). The van der Waals surface area contributed by atoms with Gasteiger partial charge in [-0.3, -0.25) is 4.98 Å². The van der Waals surface area contributed by atoms with E-state index in [1.54, 1.807) is 6.20 Å². The first kappa shape index (κ1) is 12.5. The minimum Gasteiger partial charge on any atom is -0.444 e. The first-order valence-electron chi connectivity index (χ1n) is 5.26. The predicted molar refractivity (Wildman–Crippen MR) is 62.0 cm³/mol. The van der Waals surface area contributed by atoms with Crippen molar-refractivity contribution in [1.82, 2.24) is 10.3 Å². The van der Waals surface area contributed by atoms with Gasteiger partial charge in [0.2, 0.25) is 0 Å². The molecule has 0 aliphatic rings. The summed E-state index contributed by atoms with van der Waals surface area (Å²) < 4.78 is 5.13. The van der Waals surface area contributed by atoms with Crippen LogP contribution in [-0.2, 0) is 11.3 Å². The fourth-order valence-electron chi connectivity index (χ4n) is 1.19. The second-order valence-electron chi connectivity index (χ2n) is 4.60. The number of rotatable bonds is 2. The van der Waals surface area contributed by atoms with Gasteiger partial charge in [0.1, 0.15) is 5.60 Å². The van der Waals surface area contributed by atoms with E-state index in [1.165, 1.54) is 0 Å². The molecule has 1 amide bonds. The maximum absolute atomic E-state index is 11.4. The molecule has 1 N–H and O–H groups in total. The summed E-state index contributed by atoms with van der Waals surface area (Å²) in [6.45, 7) is 7.85. The Morgan fingerprint density at radius 2 is 2.19 bits per heavy atom. The molecule has 0 fully saturated rings. The lowest BCUT2D eigenvalue weighted by Crippen LogP contribution is -2.32. The predicted octanol–water partition coefficient (Wildman–Crippen LogP) is 2.41. The maximum Gasteiger partial charge on any atom is 0.407 e. The molecule has 1 heterocycles. The van der Waals surface area contributed by atoms with E-state index in [2.05, 4.69) is 10.3 Å². The summed E-state index contributed by atoms with van der Waals surface area (Å²) in [7, 11) is 0. The molecule has 1 aromatic heterocycles. The molecule has 0 radical (unpaired) electrons. The molecular formula is C12H18N2O2. The minimum absolute atomic E-state index is 0.407. The highest BCUT2D eigenvalue weighted by molar-refractivity contribution is 5.67. The van der Waals surface area contributed by atoms with Crippen LogP contribution in [0.4, 0.5) is 4.79 Å². The number of ether oxygens (including phenoxy) is 1. The molecule has 0 atom stereocenters. The number of aromatic nitrogens is 1. The molecule has 4 heteroatoms. The van der Waals surface area contributed by atoms with Crippen LogP contribution in [0.15, 0.2) is 18.3 Å². The molecule has 0 bridgehead atoms. The van der Waals surface area contributed by atoms with Crippen LogP contribution >= 0.6 is 0 Å². The number of alkyl carbamates (subject to hydrolysis) is 1. The average molecular weight is 222 g/mol. The highest BCUT2D eigenvalue weighted by atomic mass is 16.6. The first-order valence-corrected chi connectivity index (χ1v) is 5.26. The maximum atomic E-state index is 11.4. The molecule has 1 rings (SSSR count). The number of aryl methyl sites for hydroxylation is 1. The van der Waals surface area contributed by atoms with Gasteiger partial charge in [0.15, 0.2) is 0 Å². The van der Waals surface area contributed by atoms with Crippen molar-refractivity contribution in [3.8, 4) is 0 Å². The van der Waals surface area contributed by atoms with Gasteiger partial charge >= 0.3 is 6.09 Å². The fraction of sp³-hybridized carbons (Fsp3) is 0.500. The molecule has 1 aromatic rings. The normalized spacial score (nSPS) is 11.0. The zero-order chi connectivity index (χ0) is 12.2. The number of hydrogen-bond donors (Lipinski definition) is 1. The number of carbonyl (C=O) groups is 1. The van der Waals surface area contributed by atoms with Crippen LogP contribution in [0.5, 0.6) is 0 Å². The summed E-state index contributed by atoms with van der Waals surface area (Å²) in [5.41, 5.74) is 1.44. The van der Waals surface area contributed by atoms with Crippen molar-refractivity contribution in [2.75, 3.05) is 0 Å². The molecule has 0 aliphatic carbocycles. The van der Waals surface area contributed by atoms with Crippen LogP contribution in [-0.4, -0.2) is 16.7 Å². The van der Waals surface area contributed by atoms with E-state index >= 15 is 0 Å². The number of pyridine rings is 1. The summed E-state index contributed by atoms with van der Waals surface area (Å²) in [5, 5.41) is 2.70. The van der Waals surface area contributed by atoms with Crippen LogP contribution in [0, 0.1) is 6.92 Å². The van der Waals surface area contributed by atoms with Crippen molar-refractivity contribution in [2.24, 2.45) is 0 Å². The monoisotopic (exact) mass is 222 g/mol. The Balaban J connectivity index is 2.47. The van der Waals surface area contributed by atoms with Gasteiger partial charge in [-0.2, -0.15) is 0 Å². The Morgan fingerprint density at radius 3 is 2.75 bits per heavy atom. The highest BCUT2D eigenvalue weighted by Gasteiger charge is 2.15. The van der Waals surface area contributed by atoms with Crippen molar-refractivity contribution >= 4 is 6.09 Å². The van der Waals surface area contributed by atoms with Crippen molar-refractivity contribution in [1.29, 1.82) is 0 Å². The third-order valence-electron chi connectivity index (χ3n) is 1.94. The lowest BCUT2D eigenvalue weighted by molar-refractivity contribution is 0.0523. The lowest BCUT2D eigenvalue weighted by Gasteiger charge is -2.19. The SMILES string of the molecule is Cc1ncccc1CNC(=O)OC(C)(C)C. The zero-order valence-electron chi connectivity index (χ0n) is 10.2. The van der Waals surface area contributed by atoms with Gasteiger partial charge in [-0.15, -0.1) is 0 Å². The van der Waals surface area contributed by atoms with Crippen LogP contribution in [0.25, 0.3) is 0 Å². The van der Waals surface area contributed by atoms with Crippen LogP contribution in [0.1, 0.15) is 32.0 Å². The molecule has 16 heavy (non-hydrogen) atoms. The smallest absolute Gasteiger partial charge is 0.407 e. The molecular weight excluding hydrogens is 204 g/mol. The van der Waals surface area contributed by atoms with E-state index in [1.807, 2.05) is 39.8 Å². The van der Waals surface area contributed by atoms with Crippen molar-refractivity contribution in [2.45, 2.75) is 39.8 Å². The Hall–Kier alpha value is -1.58. The third kappa shape index (κ3) is 4.29. The van der Waals surface area contributed by atoms with Crippen molar-refractivity contribution < 1.29 is 9.53 Å². The van der Waals surface area contributed by atoms with Crippen LogP contribution < -0.4 is 5.32 Å². The molecule has 0 aromatic carbocycles. The Morgan fingerprint density at radius 1 is 1.50 bits per heavy atom. The molecule has 0 saturated heterocycles. The summed E-state index contributed by atoms with van der Waals surface area (Å²) >= 11 is 0. The lowest BCUT2D eigenvalue weighted by atomic mass is 10.2. The van der Waals surface area contributed by atoms with E-state index in [0.717, 1.165) is 11.3 Å².